The summed E-state index contributed by atoms with van der Waals surface area (Å²) in [6.45, 7) is 7.89. The average Bonchev–Trinajstić information content (AvgIpc) is 3.35. The van der Waals surface area contributed by atoms with Gasteiger partial charge >= 0.3 is 0 Å². The molecular formula is C30H32N2O3S2. The summed E-state index contributed by atoms with van der Waals surface area (Å²) in [6.07, 6.45) is 0.771. The fourth-order valence-electron chi connectivity index (χ4n) is 5.13. The van der Waals surface area contributed by atoms with Crippen molar-refractivity contribution in [1.29, 1.82) is 0 Å². The van der Waals surface area contributed by atoms with E-state index in [-0.39, 0.29) is 23.4 Å². The first-order chi connectivity index (χ1) is 17.6. The fourth-order valence-corrected chi connectivity index (χ4v) is 7.99. The van der Waals surface area contributed by atoms with Gasteiger partial charge in [-0.05, 0) is 68.1 Å². The summed E-state index contributed by atoms with van der Waals surface area (Å²) in [4.78, 5) is 17.4. The second kappa shape index (κ2) is 9.71. The number of aryl methyl sites for hydroxylation is 1. The molecule has 1 amide bonds. The summed E-state index contributed by atoms with van der Waals surface area (Å²) in [5.41, 5.74) is 2.53. The summed E-state index contributed by atoms with van der Waals surface area (Å²) in [7, 11) is -3.97. The summed E-state index contributed by atoms with van der Waals surface area (Å²) in [5, 5.41) is 3.58. The van der Waals surface area contributed by atoms with E-state index in [2.05, 4.69) is 35.7 Å². The molecule has 5 nitrogen and oxygen atoms in total. The summed E-state index contributed by atoms with van der Waals surface area (Å²) in [6, 6.07) is 22.9. The highest BCUT2D eigenvalue weighted by molar-refractivity contribution is 7.89. The Balaban J connectivity index is 1.53. The van der Waals surface area contributed by atoms with Crippen molar-refractivity contribution in [2.24, 2.45) is 0 Å². The van der Waals surface area contributed by atoms with Gasteiger partial charge in [-0.15, -0.1) is 11.3 Å². The summed E-state index contributed by atoms with van der Waals surface area (Å²) in [5.74, 6) is -0.193. The first-order valence-electron chi connectivity index (χ1n) is 12.5. The molecule has 5 rings (SSSR count). The van der Waals surface area contributed by atoms with E-state index >= 15 is 0 Å². The molecule has 0 radical (unpaired) electrons. The quantitative estimate of drug-likeness (QED) is 0.309. The van der Waals surface area contributed by atoms with E-state index in [1.54, 1.807) is 23.5 Å². The van der Waals surface area contributed by atoms with Gasteiger partial charge in [-0.25, -0.2) is 8.42 Å². The lowest BCUT2D eigenvalue weighted by Gasteiger charge is -2.40. The van der Waals surface area contributed by atoms with Crippen molar-refractivity contribution in [3.8, 4) is 0 Å². The zero-order valence-electron chi connectivity index (χ0n) is 21.6. The predicted octanol–water partition coefficient (Wildman–Crippen LogP) is 6.17. The maximum atomic E-state index is 14.1. The monoisotopic (exact) mass is 532 g/mol. The normalized spacial score (nSPS) is 16.2. The van der Waals surface area contributed by atoms with Gasteiger partial charge in [0.25, 0.3) is 0 Å². The van der Waals surface area contributed by atoms with Crippen LogP contribution in [-0.4, -0.2) is 42.2 Å². The SMILES string of the molecule is Cc1ccc(C2c3ccsc3CCN2C(=O)CN(C(C)(C)C)S(=O)(=O)c2cccc3ccccc23)cc1. The van der Waals surface area contributed by atoms with Crippen LogP contribution in [-0.2, 0) is 21.2 Å². The van der Waals surface area contributed by atoms with Crippen LogP contribution in [0.1, 0.15) is 48.4 Å². The van der Waals surface area contributed by atoms with E-state index in [1.807, 2.05) is 62.9 Å². The molecule has 0 N–H and O–H groups in total. The molecule has 192 valence electrons. The van der Waals surface area contributed by atoms with Crippen LogP contribution >= 0.6 is 11.3 Å². The number of carbonyl (C=O) groups is 1. The summed E-state index contributed by atoms with van der Waals surface area (Å²) < 4.78 is 29.6. The molecule has 2 heterocycles. The lowest BCUT2D eigenvalue weighted by molar-refractivity contribution is -0.134. The molecule has 37 heavy (non-hydrogen) atoms. The smallest absolute Gasteiger partial charge is 0.244 e. The Hall–Kier alpha value is -3.00. The minimum atomic E-state index is -3.97. The van der Waals surface area contributed by atoms with E-state index in [0.717, 1.165) is 28.5 Å². The van der Waals surface area contributed by atoms with E-state index in [0.29, 0.717) is 11.9 Å². The molecule has 7 heteroatoms. The molecule has 3 aromatic carbocycles. The topological polar surface area (TPSA) is 57.7 Å². The van der Waals surface area contributed by atoms with Gasteiger partial charge in [-0.3, -0.25) is 4.79 Å². The van der Waals surface area contributed by atoms with E-state index in [4.69, 9.17) is 0 Å². The standard InChI is InChI=1S/C30H32N2O3S2/c1-21-12-14-23(15-13-21)29-25-17-19-36-26(25)16-18-31(29)28(33)20-32(30(2,3)4)37(34,35)27-11-7-9-22-8-5-6-10-24(22)27/h5-15,17,19,29H,16,18,20H2,1-4H3. The highest BCUT2D eigenvalue weighted by Crippen LogP contribution is 2.38. The number of amides is 1. The number of hydrogen-bond acceptors (Lipinski definition) is 4. The van der Waals surface area contributed by atoms with Gasteiger partial charge in [0, 0.05) is 22.3 Å². The number of carbonyl (C=O) groups excluding carboxylic acids is 1. The number of rotatable bonds is 5. The molecule has 0 bridgehead atoms. The Labute approximate surface area is 223 Å². The zero-order valence-corrected chi connectivity index (χ0v) is 23.3. The van der Waals surface area contributed by atoms with Crippen LogP contribution in [0.15, 0.2) is 83.1 Å². The van der Waals surface area contributed by atoms with Crippen LogP contribution in [0.3, 0.4) is 0 Å². The van der Waals surface area contributed by atoms with E-state index in [9.17, 15) is 13.2 Å². The van der Waals surface area contributed by atoms with Gasteiger partial charge in [0.1, 0.15) is 0 Å². The second-order valence-corrected chi connectivity index (χ2v) is 13.4. The van der Waals surface area contributed by atoms with Gasteiger partial charge in [0.05, 0.1) is 17.5 Å². The number of sulfonamides is 1. The van der Waals surface area contributed by atoms with Crippen molar-refractivity contribution in [1.82, 2.24) is 9.21 Å². The average molecular weight is 533 g/mol. The Morgan fingerprint density at radius 2 is 1.70 bits per heavy atom. The lowest BCUT2D eigenvalue weighted by Crippen LogP contribution is -2.52. The summed E-state index contributed by atoms with van der Waals surface area (Å²) >= 11 is 1.72. The number of hydrogen-bond donors (Lipinski definition) is 0. The zero-order chi connectivity index (χ0) is 26.4. The number of fused-ring (bicyclic) bond motifs is 2. The highest BCUT2D eigenvalue weighted by atomic mass is 32.2. The van der Waals surface area contributed by atoms with Crippen molar-refractivity contribution in [2.45, 2.75) is 50.6 Å². The van der Waals surface area contributed by atoms with Crippen LogP contribution in [0, 0.1) is 6.92 Å². The molecule has 0 saturated carbocycles. The van der Waals surface area contributed by atoms with Gasteiger partial charge in [-0.1, -0.05) is 66.2 Å². The number of nitrogens with zero attached hydrogens (tertiary/aromatic N) is 2. The molecule has 1 atom stereocenters. The maximum Gasteiger partial charge on any atom is 0.244 e. The van der Waals surface area contributed by atoms with E-state index < -0.39 is 15.6 Å². The molecule has 0 aliphatic carbocycles. The molecule has 0 spiro atoms. The third-order valence-electron chi connectivity index (χ3n) is 7.02. The van der Waals surface area contributed by atoms with Gasteiger partial charge < -0.3 is 4.90 Å². The number of thiophene rings is 1. The molecule has 1 unspecified atom stereocenters. The van der Waals surface area contributed by atoms with Gasteiger partial charge in [0.2, 0.25) is 15.9 Å². The van der Waals surface area contributed by atoms with Gasteiger partial charge in [0.15, 0.2) is 0 Å². The molecular weight excluding hydrogens is 500 g/mol. The molecule has 1 aromatic heterocycles. The Morgan fingerprint density at radius 1 is 1.00 bits per heavy atom. The Bertz CT molecular complexity index is 1540. The van der Waals surface area contributed by atoms with Crippen LogP contribution in [0.25, 0.3) is 10.8 Å². The first-order valence-corrected chi connectivity index (χ1v) is 14.8. The van der Waals surface area contributed by atoms with Crippen molar-refractivity contribution >= 4 is 38.0 Å². The Morgan fingerprint density at radius 3 is 2.43 bits per heavy atom. The largest absolute Gasteiger partial charge is 0.330 e. The molecule has 1 aliphatic rings. The molecule has 4 aromatic rings. The van der Waals surface area contributed by atoms with Crippen LogP contribution < -0.4 is 0 Å². The van der Waals surface area contributed by atoms with Crippen molar-refractivity contribution in [2.75, 3.05) is 13.1 Å². The van der Waals surface area contributed by atoms with Gasteiger partial charge in [-0.2, -0.15) is 4.31 Å². The van der Waals surface area contributed by atoms with Crippen molar-refractivity contribution in [3.63, 3.8) is 0 Å². The van der Waals surface area contributed by atoms with Crippen LogP contribution in [0.4, 0.5) is 0 Å². The van der Waals surface area contributed by atoms with Crippen LogP contribution in [0.2, 0.25) is 0 Å². The highest BCUT2D eigenvalue weighted by Gasteiger charge is 2.40. The molecule has 0 fully saturated rings. The molecule has 0 saturated heterocycles. The van der Waals surface area contributed by atoms with E-state index in [1.165, 1.54) is 9.18 Å². The minimum Gasteiger partial charge on any atom is -0.330 e. The minimum absolute atomic E-state index is 0.193. The number of benzene rings is 3. The molecule has 1 aliphatic heterocycles. The lowest BCUT2D eigenvalue weighted by atomic mass is 9.92. The Kier molecular flexibility index (Phi) is 6.73. The van der Waals surface area contributed by atoms with Crippen LogP contribution in [0.5, 0.6) is 0 Å². The third kappa shape index (κ3) is 4.83. The second-order valence-electron chi connectivity index (χ2n) is 10.6. The predicted molar refractivity (Wildman–Crippen MR) is 150 cm³/mol. The van der Waals surface area contributed by atoms with Crippen molar-refractivity contribution in [3.05, 3.63) is 99.7 Å². The maximum absolute atomic E-state index is 14.1. The first kappa shape index (κ1) is 25.6. The third-order valence-corrected chi connectivity index (χ3v) is 10.2. The fraction of sp³-hybridized carbons (Fsp3) is 0.300. The van der Waals surface area contributed by atoms with Crippen molar-refractivity contribution < 1.29 is 13.2 Å².